The monoisotopic (exact) mass is 417 g/mol. The third-order valence-corrected chi connectivity index (χ3v) is 4.57. The number of hydrogen-bond donors (Lipinski definition) is 0. The minimum absolute atomic E-state index is 0.00895. The number of aromatic nitrogens is 1. The highest BCUT2D eigenvalue weighted by molar-refractivity contribution is 6.32. The van der Waals surface area contributed by atoms with Crippen molar-refractivity contribution in [3.05, 3.63) is 28.5 Å². The zero-order valence-electron chi connectivity index (χ0n) is 15.5. The van der Waals surface area contributed by atoms with E-state index in [9.17, 15) is 18.0 Å². The van der Waals surface area contributed by atoms with Gasteiger partial charge in [0.1, 0.15) is 22.8 Å². The Morgan fingerprint density at radius 3 is 2.50 bits per heavy atom. The molecule has 0 saturated heterocycles. The molecule has 1 aliphatic carbocycles. The van der Waals surface area contributed by atoms with Crippen LogP contribution in [0.15, 0.2) is 22.1 Å². The Morgan fingerprint density at radius 2 is 1.96 bits per heavy atom. The lowest BCUT2D eigenvalue weighted by Crippen LogP contribution is -2.30. The summed E-state index contributed by atoms with van der Waals surface area (Å²) in [6.07, 6.45) is -3.73. The fraction of sp³-hybridized carbons (Fsp3) is 0.556. The molecule has 0 N–H and O–H groups in total. The van der Waals surface area contributed by atoms with Crippen LogP contribution < -0.4 is 0 Å². The van der Waals surface area contributed by atoms with Gasteiger partial charge in [0.2, 0.25) is 5.90 Å². The molecule has 1 aromatic heterocycles. The van der Waals surface area contributed by atoms with Crippen LogP contribution in [0.25, 0.3) is 0 Å². The maximum atomic E-state index is 12.9. The number of nitrogens with zero attached hydrogens (tertiary/aromatic N) is 3. The van der Waals surface area contributed by atoms with E-state index in [2.05, 4.69) is 15.0 Å². The highest BCUT2D eigenvalue weighted by Crippen LogP contribution is 2.57. The van der Waals surface area contributed by atoms with Crippen molar-refractivity contribution in [1.82, 2.24) is 4.98 Å². The second kappa shape index (κ2) is 7.02. The van der Waals surface area contributed by atoms with Gasteiger partial charge < -0.3 is 9.47 Å². The summed E-state index contributed by atoms with van der Waals surface area (Å²) in [6.45, 7) is 4.71. The van der Waals surface area contributed by atoms with Gasteiger partial charge in [-0.05, 0) is 45.7 Å². The molecule has 2 heterocycles. The van der Waals surface area contributed by atoms with Gasteiger partial charge in [0, 0.05) is 0 Å². The fourth-order valence-electron chi connectivity index (χ4n) is 2.49. The summed E-state index contributed by atoms with van der Waals surface area (Å²) in [7, 11) is 0. The van der Waals surface area contributed by atoms with Gasteiger partial charge in [0.15, 0.2) is 6.17 Å². The van der Waals surface area contributed by atoms with Crippen LogP contribution in [-0.2, 0) is 9.47 Å². The molecular weight excluding hydrogens is 399 g/mol. The van der Waals surface area contributed by atoms with Crippen molar-refractivity contribution in [3.63, 3.8) is 0 Å². The zero-order valence-corrected chi connectivity index (χ0v) is 16.3. The zero-order chi connectivity index (χ0) is 20.7. The third-order valence-electron chi connectivity index (χ3n) is 4.28. The van der Waals surface area contributed by atoms with Crippen molar-refractivity contribution in [2.24, 2.45) is 15.4 Å². The van der Waals surface area contributed by atoms with Crippen molar-refractivity contribution in [3.8, 4) is 0 Å². The van der Waals surface area contributed by atoms with Gasteiger partial charge in [-0.25, -0.2) is 14.8 Å². The first-order chi connectivity index (χ1) is 12.9. The molecule has 1 aromatic rings. The Balaban J connectivity index is 1.66. The van der Waals surface area contributed by atoms with E-state index in [-0.39, 0.29) is 29.5 Å². The Kier molecular flexibility index (Phi) is 5.16. The third kappa shape index (κ3) is 4.45. The first kappa shape index (κ1) is 20.6. The molecule has 1 atom stereocenters. The molecule has 2 aliphatic rings. The van der Waals surface area contributed by atoms with Crippen molar-refractivity contribution in [2.75, 3.05) is 6.61 Å². The predicted octanol–water partition coefficient (Wildman–Crippen LogP) is 4.53. The molecule has 6 nitrogen and oxygen atoms in total. The number of halogens is 4. The summed E-state index contributed by atoms with van der Waals surface area (Å²) in [4.78, 5) is 24.4. The molecule has 1 unspecified atom stereocenters. The number of pyridine rings is 1. The maximum absolute atomic E-state index is 12.9. The van der Waals surface area contributed by atoms with E-state index < -0.39 is 35.9 Å². The smallest absolute Gasteiger partial charge is 0.397 e. The minimum atomic E-state index is -4.30. The number of hydrogen-bond acceptors (Lipinski definition) is 6. The van der Waals surface area contributed by atoms with Gasteiger partial charge in [0.25, 0.3) is 0 Å². The molecule has 0 aromatic carbocycles. The standard InChI is InChI=1S/C18H19ClF3N3O3/c1-16(2,3)28-15(26)10-4-5-11(24-13(10)19)14-23-8-12(25-14)27-9-17(6-7-17)18(20,21)22/h4-5,8,14H,6-7,9H2,1-3H3. The molecule has 0 radical (unpaired) electrons. The van der Waals surface area contributed by atoms with Gasteiger partial charge in [-0.15, -0.1) is 0 Å². The normalized spacial score (nSPS) is 20.7. The summed E-state index contributed by atoms with van der Waals surface area (Å²) in [5, 5.41) is -0.0690. The van der Waals surface area contributed by atoms with Gasteiger partial charge in [-0.2, -0.15) is 13.2 Å². The first-order valence-electron chi connectivity index (χ1n) is 8.61. The van der Waals surface area contributed by atoms with Crippen LogP contribution >= 0.6 is 11.6 Å². The summed E-state index contributed by atoms with van der Waals surface area (Å²) < 4.78 is 49.3. The average molecular weight is 418 g/mol. The van der Waals surface area contributed by atoms with E-state index in [1.54, 1.807) is 20.8 Å². The summed E-state index contributed by atoms with van der Waals surface area (Å²) in [5.74, 6) is -0.601. The van der Waals surface area contributed by atoms with Crippen molar-refractivity contribution < 1.29 is 27.4 Å². The first-order valence-corrected chi connectivity index (χ1v) is 8.98. The van der Waals surface area contributed by atoms with Crippen LogP contribution in [-0.4, -0.2) is 41.4 Å². The summed E-state index contributed by atoms with van der Waals surface area (Å²) in [6, 6.07) is 2.96. The Labute approximate surface area is 164 Å². The lowest BCUT2D eigenvalue weighted by Gasteiger charge is -2.19. The Morgan fingerprint density at radius 1 is 1.29 bits per heavy atom. The molecule has 1 aliphatic heterocycles. The van der Waals surface area contributed by atoms with Crippen LogP contribution in [0, 0.1) is 5.41 Å². The highest BCUT2D eigenvalue weighted by Gasteiger charge is 2.64. The molecule has 0 spiro atoms. The molecule has 0 amide bonds. The Bertz CT molecular complexity index is 843. The number of carbonyl (C=O) groups is 1. The van der Waals surface area contributed by atoms with Gasteiger partial charge in [-0.1, -0.05) is 11.6 Å². The molecular formula is C18H19ClF3N3O3. The number of ether oxygens (including phenoxy) is 2. The molecule has 0 bridgehead atoms. The number of rotatable bonds is 4. The van der Waals surface area contributed by atoms with Crippen molar-refractivity contribution in [2.45, 2.75) is 51.6 Å². The molecule has 1 fully saturated rings. The maximum Gasteiger partial charge on any atom is 0.397 e. The number of carbonyl (C=O) groups excluding carboxylic acids is 1. The van der Waals surface area contributed by atoms with Crippen LogP contribution in [0.4, 0.5) is 13.2 Å². The van der Waals surface area contributed by atoms with Crippen LogP contribution in [0.3, 0.4) is 0 Å². The summed E-state index contributed by atoms with van der Waals surface area (Å²) >= 11 is 6.08. The number of aliphatic imine (C=N–C) groups is 2. The second-order valence-electron chi connectivity index (χ2n) is 7.76. The fourth-order valence-corrected chi connectivity index (χ4v) is 2.73. The van der Waals surface area contributed by atoms with Crippen LogP contribution in [0.5, 0.6) is 0 Å². The van der Waals surface area contributed by atoms with Gasteiger partial charge >= 0.3 is 12.1 Å². The highest BCUT2D eigenvalue weighted by atomic mass is 35.5. The molecule has 3 rings (SSSR count). The van der Waals surface area contributed by atoms with Crippen molar-refractivity contribution in [1.29, 1.82) is 0 Å². The summed E-state index contributed by atoms with van der Waals surface area (Å²) in [5.41, 5.74) is -2.02. The SMILES string of the molecule is CC(C)(C)OC(=O)c1ccc(C2N=CC(OCC3(C(F)(F)F)CC3)=N2)nc1Cl. The number of esters is 1. The minimum Gasteiger partial charge on any atom is -0.476 e. The lowest BCUT2D eigenvalue weighted by atomic mass is 10.1. The molecule has 10 heteroatoms. The quantitative estimate of drug-likeness (QED) is 0.533. The van der Waals surface area contributed by atoms with E-state index in [4.69, 9.17) is 21.1 Å². The molecule has 1 saturated carbocycles. The van der Waals surface area contributed by atoms with Crippen LogP contribution in [0.2, 0.25) is 5.15 Å². The predicted molar refractivity (Wildman–Crippen MR) is 96.8 cm³/mol. The average Bonchev–Trinajstić information content (AvgIpc) is 3.22. The van der Waals surface area contributed by atoms with E-state index in [1.807, 2.05) is 0 Å². The van der Waals surface area contributed by atoms with E-state index in [1.165, 1.54) is 18.3 Å². The topological polar surface area (TPSA) is 73.1 Å². The molecule has 152 valence electrons. The van der Waals surface area contributed by atoms with Gasteiger partial charge in [-0.3, -0.25) is 4.99 Å². The van der Waals surface area contributed by atoms with E-state index in [0.717, 1.165) is 0 Å². The van der Waals surface area contributed by atoms with E-state index >= 15 is 0 Å². The lowest BCUT2D eigenvalue weighted by molar-refractivity contribution is -0.195. The van der Waals surface area contributed by atoms with Crippen molar-refractivity contribution >= 4 is 29.7 Å². The molecule has 28 heavy (non-hydrogen) atoms. The largest absolute Gasteiger partial charge is 0.476 e. The van der Waals surface area contributed by atoms with Gasteiger partial charge in [0.05, 0.1) is 17.5 Å². The Hall–Kier alpha value is -2.16. The second-order valence-corrected chi connectivity index (χ2v) is 8.12. The van der Waals surface area contributed by atoms with E-state index in [0.29, 0.717) is 5.69 Å². The number of alkyl halides is 3. The van der Waals surface area contributed by atoms with Crippen LogP contribution in [0.1, 0.15) is 55.8 Å².